The summed E-state index contributed by atoms with van der Waals surface area (Å²) >= 11 is 0. The molecule has 1 aromatic carbocycles. The van der Waals surface area contributed by atoms with E-state index >= 15 is 0 Å². The van der Waals surface area contributed by atoms with Crippen molar-refractivity contribution < 1.29 is 18.9 Å². The summed E-state index contributed by atoms with van der Waals surface area (Å²) in [6, 6.07) is 8.87. The topological polar surface area (TPSA) is 102 Å². The lowest BCUT2D eigenvalue weighted by atomic mass is 9.43. The number of carbonyl (C=O) groups is 2. The molecule has 1 aliphatic heterocycles. The molecular formula is C29H39BN4O4. The van der Waals surface area contributed by atoms with E-state index in [0.717, 1.165) is 12.0 Å². The van der Waals surface area contributed by atoms with E-state index in [4.69, 9.17) is 9.31 Å². The van der Waals surface area contributed by atoms with Crippen molar-refractivity contribution in [2.24, 2.45) is 23.2 Å². The number of hydrogen-bond acceptors (Lipinski definition) is 6. The summed E-state index contributed by atoms with van der Waals surface area (Å²) in [5.41, 5.74) is 0.998. The van der Waals surface area contributed by atoms with Crippen LogP contribution < -0.4 is 10.6 Å². The second-order valence-corrected chi connectivity index (χ2v) is 12.4. The number of amides is 2. The van der Waals surface area contributed by atoms with Gasteiger partial charge in [0.15, 0.2) is 0 Å². The number of nitrogens with one attached hydrogen (secondary N) is 2. The highest BCUT2D eigenvalue weighted by atomic mass is 16.7. The summed E-state index contributed by atoms with van der Waals surface area (Å²) in [5.74, 6) is 0.359. The van der Waals surface area contributed by atoms with Crippen molar-refractivity contribution in [3.8, 4) is 0 Å². The number of carbonyl (C=O) groups excluding carboxylic acids is 2. The van der Waals surface area contributed by atoms with Crippen molar-refractivity contribution in [2.45, 2.75) is 84.0 Å². The second-order valence-electron chi connectivity index (χ2n) is 12.4. The first kappa shape index (κ1) is 26.8. The Bertz CT molecular complexity index is 1150. The number of nitrogens with zero attached hydrogens (tertiary/aromatic N) is 2. The normalized spacial score (nSPS) is 28.7. The van der Waals surface area contributed by atoms with Gasteiger partial charge < -0.3 is 19.9 Å². The fourth-order valence-electron chi connectivity index (χ4n) is 6.81. The monoisotopic (exact) mass is 518 g/mol. The van der Waals surface area contributed by atoms with Crippen molar-refractivity contribution >= 4 is 18.9 Å². The Morgan fingerprint density at radius 1 is 1.11 bits per heavy atom. The molecule has 1 aromatic heterocycles. The smallest absolute Gasteiger partial charge is 0.404 e. The van der Waals surface area contributed by atoms with Gasteiger partial charge in [-0.15, -0.1) is 0 Å². The zero-order valence-electron chi connectivity index (χ0n) is 23.0. The maximum Gasteiger partial charge on any atom is 0.481 e. The first-order valence-electron chi connectivity index (χ1n) is 13.8. The number of aromatic nitrogens is 2. The van der Waals surface area contributed by atoms with Gasteiger partial charge in [0.1, 0.15) is 11.7 Å². The van der Waals surface area contributed by atoms with Crippen LogP contribution >= 0.6 is 0 Å². The van der Waals surface area contributed by atoms with Gasteiger partial charge >= 0.3 is 7.12 Å². The van der Waals surface area contributed by atoms with Gasteiger partial charge in [0.25, 0.3) is 5.91 Å². The van der Waals surface area contributed by atoms with E-state index in [0.29, 0.717) is 30.6 Å². The molecule has 8 nitrogen and oxygen atoms in total. The van der Waals surface area contributed by atoms with Crippen molar-refractivity contribution in [3.05, 3.63) is 60.2 Å². The Morgan fingerprint density at radius 2 is 1.87 bits per heavy atom. The molecule has 6 rings (SSSR count). The van der Waals surface area contributed by atoms with Crippen LogP contribution in [0.15, 0.2) is 48.9 Å². The molecule has 2 bridgehead atoms. The van der Waals surface area contributed by atoms with Crippen molar-refractivity contribution in [2.75, 3.05) is 0 Å². The molecule has 6 atom stereocenters. The zero-order valence-corrected chi connectivity index (χ0v) is 23.0. The summed E-state index contributed by atoms with van der Waals surface area (Å²) in [4.78, 5) is 34.8. The van der Waals surface area contributed by atoms with Crippen LogP contribution in [0.5, 0.6) is 0 Å². The predicted molar refractivity (Wildman–Crippen MR) is 145 cm³/mol. The van der Waals surface area contributed by atoms with Crippen LogP contribution in [-0.2, 0) is 20.5 Å². The van der Waals surface area contributed by atoms with E-state index in [1.807, 2.05) is 30.3 Å². The molecule has 2 amide bonds. The molecule has 4 aliphatic rings. The molecular weight excluding hydrogens is 479 g/mol. The van der Waals surface area contributed by atoms with Gasteiger partial charge in [0.05, 0.1) is 23.8 Å². The molecule has 202 valence electrons. The molecule has 3 saturated carbocycles. The molecule has 4 fully saturated rings. The standard InChI is InChI=1S/C29H39BN4O4/c1-18(2)13-25(30-37-24-16-20-15-23(28(20,3)4)29(24,5)38-30)34-26(35)21(14-19-9-7-6-8-10-19)33-27(36)22-17-31-11-12-32-22/h6-12,17-18,20-21,23-25H,13-16H2,1-5H3,(H,33,36)(H,34,35)/t20-,21+,23-,24-,25+,29+/m1/s1. The van der Waals surface area contributed by atoms with Crippen molar-refractivity contribution in [3.63, 3.8) is 0 Å². The largest absolute Gasteiger partial charge is 0.481 e. The highest BCUT2D eigenvalue weighted by molar-refractivity contribution is 6.48. The van der Waals surface area contributed by atoms with Gasteiger partial charge in [-0.25, -0.2) is 4.98 Å². The summed E-state index contributed by atoms with van der Waals surface area (Å²) in [5, 5.41) is 6.08. The number of rotatable bonds is 9. The van der Waals surface area contributed by atoms with Crippen LogP contribution in [0.25, 0.3) is 0 Å². The van der Waals surface area contributed by atoms with Crippen LogP contribution in [0.2, 0.25) is 0 Å². The Hall–Kier alpha value is -2.78. The minimum Gasteiger partial charge on any atom is -0.404 e. The van der Waals surface area contributed by atoms with E-state index in [1.54, 1.807) is 0 Å². The lowest BCUT2D eigenvalue weighted by molar-refractivity contribution is -0.199. The van der Waals surface area contributed by atoms with E-state index in [2.05, 4.69) is 55.2 Å². The summed E-state index contributed by atoms with van der Waals surface area (Å²) < 4.78 is 13.2. The minimum absolute atomic E-state index is 0.0345. The predicted octanol–water partition coefficient (Wildman–Crippen LogP) is 3.62. The van der Waals surface area contributed by atoms with Gasteiger partial charge in [-0.05, 0) is 54.9 Å². The van der Waals surface area contributed by atoms with Crippen LogP contribution in [0.1, 0.15) is 69.9 Å². The average molecular weight is 518 g/mol. The third-order valence-corrected chi connectivity index (χ3v) is 9.05. The fraction of sp³-hybridized carbons (Fsp3) is 0.586. The molecule has 9 heteroatoms. The third-order valence-electron chi connectivity index (χ3n) is 9.05. The quantitative estimate of drug-likeness (QED) is 0.492. The van der Waals surface area contributed by atoms with Crippen LogP contribution in [0, 0.1) is 23.2 Å². The highest BCUT2D eigenvalue weighted by Gasteiger charge is 2.68. The first-order valence-corrected chi connectivity index (χ1v) is 13.8. The molecule has 1 saturated heterocycles. The molecule has 38 heavy (non-hydrogen) atoms. The fourth-order valence-corrected chi connectivity index (χ4v) is 6.81. The van der Waals surface area contributed by atoms with Gasteiger partial charge in [0, 0.05) is 18.8 Å². The van der Waals surface area contributed by atoms with Crippen LogP contribution in [0.3, 0.4) is 0 Å². The van der Waals surface area contributed by atoms with E-state index in [1.165, 1.54) is 25.0 Å². The molecule has 2 N–H and O–H groups in total. The molecule has 2 heterocycles. The van der Waals surface area contributed by atoms with Crippen LogP contribution in [-0.4, -0.2) is 52.6 Å². The summed E-state index contributed by atoms with van der Waals surface area (Å²) in [7, 11) is -0.528. The number of hydrogen-bond donors (Lipinski definition) is 2. The maximum atomic E-state index is 13.8. The minimum atomic E-state index is -0.799. The molecule has 0 spiro atoms. The van der Waals surface area contributed by atoms with E-state index < -0.39 is 19.1 Å². The van der Waals surface area contributed by atoms with Gasteiger partial charge in [-0.1, -0.05) is 58.0 Å². The maximum absolute atomic E-state index is 13.8. The van der Waals surface area contributed by atoms with Gasteiger partial charge in [0.2, 0.25) is 5.91 Å². The van der Waals surface area contributed by atoms with E-state index in [9.17, 15) is 9.59 Å². The lowest BCUT2D eigenvalue weighted by Gasteiger charge is -2.64. The van der Waals surface area contributed by atoms with Crippen LogP contribution in [0.4, 0.5) is 0 Å². The number of benzene rings is 1. The third kappa shape index (κ3) is 5.10. The first-order chi connectivity index (χ1) is 18.1. The zero-order chi connectivity index (χ0) is 27.1. The second kappa shape index (κ2) is 10.4. The average Bonchev–Trinajstić information content (AvgIpc) is 3.26. The highest BCUT2D eigenvalue weighted by Crippen LogP contribution is 2.65. The molecule has 2 aromatic rings. The molecule has 0 unspecified atom stereocenters. The Labute approximate surface area is 225 Å². The Morgan fingerprint density at radius 3 is 2.53 bits per heavy atom. The van der Waals surface area contributed by atoms with Gasteiger partial charge in [-0.3, -0.25) is 14.6 Å². The van der Waals surface area contributed by atoms with Crippen molar-refractivity contribution in [1.82, 2.24) is 20.6 Å². The Balaban J connectivity index is 1.34. The Kier molecular flexibility index (Phi) is 7.35. The summed E-state index contributed by atoms with van der Waals surface area (Å²) in [6.07, 6.45) is 7.60. The lowest BCUT2D eigenvalue weighted by Crippen LogP contribution is -2.65. The van der Waals surface area contributed by atoms with Gasteiger partial charge in [-0.2, -0.15) is 0 Å². The molecule has 3 aliphatic carbocycles. The van der Waals surface area contributed by atoms with Crippen molar-refractivity contribution in [1.29, 1.82) is 0 Å². The van der Waals surface area contributed by atoms with E-state index in [-0.39, 0.29) is 34.7 Å². The summed E-state index contributed by atoms with van der Waals surface area (Å²) in [6.45, 7) is 11.1. The SMILES string of the molecule is CC(C)C[C@H](NC(=O)[C@H](Cc1ccccc1)NC(=O)c1cnccn1)B1O[C@@H]2C[C@H]3C[C@H](C3(C)C)[C@]2(C)O1. The molecule has 0 radical (unpaired) electrons.